The number of Topliss-reactive ketones (excluding diaryl/α,β-unsaturated/α-hetero) is 1. The number of nitrogens with zero attached hydrogens (tertiary/aromatic N) is 1. The van der Waals surface area contributed by atoms with Crippen molar-refractivity contribution in [2.24, 2.45) is 0 Å². The zero-order valence-corrected chi connectivity index (χ0v) is 18.9. The highest BCUT2D eigenvalue weighted by molar-refractivity contribution is 6.46. The van der Waals surface area contributed by atoms with Gasteiger partial charge in [0.15, 0.2) is 0 Å². The summed E-state index contributed by atoms with van der Waals surface area (Å²) < 4.78 is 21.4. The van der Waals surface area contributed by atoms with Crippen molar-refractivity contribution in [2.45, 2.75) is 6.04 Å². The second-order valence-electron chi connectivity index (χ2n) is 7.22. The van der Waals surface area contributed by atoms with Gasteiger partial charge in [0.05, 0.1) is 38.0 Å². The molecule has 8 heteroatoms. The highest BCUT2D eigenvalue weighted by Gasteiger charge is 2.46. The van der Waals surface area contributed by atoms with E-state index in [0.717, 1.165) is 0 Å². The molecule has 1 unspecified atom stereocenters. The van der Waals surface area contributed by atoms with Crippen LogP contribution in [0, 0.1) is 0 Å². The highest BCUT2D eigenvalue weighted by atomic mass is 16.5. The van der Waals surface area contributed by atoms with E-state index in [-0.39, 0.29) is 30.0 Å². The minimum atomic E-state index is -0.834. The van der Waals surface area contributed by atoms with Crippen LogP contribution >= 0.6 is 0 Å². The van der Waals surface area contributed by atoms with Gasteiger partial charge in [0.2, 0.25) is 0 Å². The van der Waals surface area contributed by atoms with Gasteiger partial charge >= 0.3 is 0 Å². The van der Waals surface area contributed by atoms with E-state index in [4.69, 9.17) is 18.9 Å². The van der Waals surface area contributed by atoms with Crippen LogP contribution in [0.25, 0.3) is 5.76 Å². The van der Waals surface area contributed by atoms with E-state index in [2.05, 4.69) is 6.58 Å². The van der Waals surface area contributed by atoms with Crippen molar-refractivity contribution in [1.29, 1.82) is 0 Å². The fraction of sp³-hybridized carbons (Fsp3) is 0.280. The van der Waals surface area contributed by atoms with Crippen LogP contribution in [0.5, 0.6) is 17.2 Å². The van der Waals surface area contributed by atoms with Crippen LogP contribution in [0.3, 0.4) is 0 Å². The number of amides is 1. The zero-order valence-electron chi connectivity index (χ0n) is 18.9. The fourth-order valence-electron chi connectivity index (χ4n) is 3.72. The predicted octanol–water partition coefficient (Wildman–Crippen LogP) is 3.34. The van der Waals surface area contributed by atoms with Crippen LogP contribution in [0.4, 0.5) is 0 Å². The second-order valence-corrected chi connectivity index (χ2v) is 7.22. The molecule has 0 aromatic heterocycles. The molecular weight excluding hydrogens is 426 g/mol. The molecule has 1 amide bonds. The normalized spacial score (nSPS) is 17.2. The Labute approximate surface area is 192 Å². The number of hydrogen-bond donors (Lipinski definition) is 1. The van der Waals surface area contributed by atoms with Crippen molar-refractivity contribution >= 4 is 17.4 Å². The van der Waals surface area contributed by atoms with E-state index in [9.17, 15) is 14.7 Å². The number of methoxy groups -OCH3 is 3. The minimum Gasteiger partial charge on any atom is -0.507 e. The molecule has 174 valence electrons. The summed E-state index contributed by atoms with van der Waals surface area (Å²) >= 11 is 0. The van der Waals surface area contributed by atoms with Gasteiger partial charge in [-0.1, -0.05) is 24.8 Å². The standard InChI is InChI=1S/C25H27NO7/c1-5-12-33-18-8-6-7-16(14-18)22-21(24(28)25(29)26(22)11-13-30-2)23(27)19-10-9-17(31-3)15-20(19)32-4/h5-10,14-15,22,27H,1,11-13H2,2-4H3/b23-21-. The molecule has 0 saturated carbocycles. The summed E-state index contributed by atoms with van der Waals surface area (Å²) in [4.78, 5) is 27.4. The van der Waals surface area contributed by atoms with Crippen LogP contribution < -0.4 is 14.2 Å². The summed E-state index contributed by atoms with van der Waals surface area (Å²) in [5.41, 5.74) is 0.841. The summed E-state index contributed by atoms with van der Waals surface area (Å²) in [5, 5.41) is 11.3. The van der Waals surface area contributed by atoms with Crippen LogP contribution in [0.15, 0.2) is 60.7 Å². The fourth-order valence-corrected chi connectivity index (χ4v) is 3.72. The molecule has 8 nitrogen and oxygen atoms in total. The first-order valence-corrected chi connectivity index (χ1v) is 10.3. The maximum absolute atomic E-state index is 13.1. The van der Waals surface area contributed by atoms with E-state index in [1.807, 2.05) is 0 Å². The van der Waals surface area contributed by atoms with Gasteiger partial charge in [-0.3, -0.25) is 9.59 Å². The van der Waals surface area contributed by atoms with Crippen molar-refractivity contribution in [2.75, 3.05) is 41.1 Å². The Bertz CT molecular complexity index is 1080. The molecule has 1 saturated heterocycles. The van der Waals surface area contributed by atoms with E-state index in [1.54, 1.807) is 48.5 Å². The van der Waals surface area contributed by atoms with Gasteiger partial charge in [0, 0.05) is 19.7 Å². The number of hydrogen-bond acceptors (Lipinski definition) is 7. The molecule has 0 radical (unpaired) electrons. The summed E-state index contributed by atoms with van der Waals surface area (Å²) in [7, 11) is 4.47. The Balaban J connectivity index is 2.18. The summed E-state index contributed by atoms with van der Waals surface area (Å²) in [6.45, 7) is 4.33. The Morgan fingerprint density at radius 3 is 2.55 bits per heavy atom. The van der Waals surface area contributed by atoms with E-state index < -0.39 is 17.7 Å². The average Bonchev–Trinajstić information content (AvgIpc) is 3.10. The van der Waals surface area contributed by atoms with Crippen molar-refractivity contribution in [3.05, 3.63) is 71.8 Å². The lowest BCUT2D eigenvalue weighted by atomic mass is 9.94. The number of aliphatic hydroxyl groups excluding tert-OH is 1. The molecule has 0 spiro atoms. The first-order chi connectivity index (χ1) is 16.0. The first-order valence-electron chi connectivity index (χ1n) is 10.3. The Morgan fingerprint density at radius 1 is 1.09 bits per heavy atom. The quantitative estimate of drug-likeness (QED) is 0.255. The molecule has 1 aliphatic rings. The Hall–Kier alpha value is -3.78. The molecule has 0 aliphatic carbocycles. The molecule has 3 rings (SSSR count). The third-order valence-electron chi connectivity index (χ3n) is 5.28. The number of rotatable bonds is 10. The Kier molecular flexibility index (Phi) is 7.74. The molecule has 0 bridgehead atoms. The van der Waals surface area contributed by atoms with Gasteiger partial charge in [0.25, 0.3) is 11.7 Å². The SMILES string of the molecule is C=CCOc1cccc(C2/C(=C(/O)c3ccc(OC)cc3OC)C(=O)C(=O)N2CCOC)c1. The van der Waals surface area contributed by atoms with Crippen LogP contribution in [-0.2, 0) is 14.3 Å². The van der Waals surface area contributed by atoms with Gasteiger partial charge in [-0.25, -0.2) is 0 Å². The smallest absolute Gasteiger partial charge is 0.295 e. The number of benzene rings is 2. The first kappa shape index (κ1) is 23.9. The zero-order chi connectivity index (χ0) is 24.0. The number of carbonyl (C=O) groups is 2. The van der Waals surface area contributed by atoms with Crippen LogP contribution in [0.1, 0.15) is 17.2 Å². The van der Waals surface area contributed by atoms with Gasteiger partial charge in [-0.05, 0) is 29.8 Å². The van der Waals surface area contributed by atoms with E-state index >= 15 is 0 Å². The maximum Gasteiger partial charge on any atom is 0.295 e. The van der Waals surface area contributed by atoms with Gasteiger partial charge < -0.3 is 29.0 Å². The highest BCUT2D eigenvalue weighted by Crippen LogP contribution is 2.42. The molecule has 2 aromatic carbocycles. The number of ketones is 1. The monoisotopic (exact) mass is 453 g/mol. The average molecular weight is 453 g/mol. The van der Waals surface area contributed by atoms with Gasteiger partial charge in [0.1, 0.15) is 29.6 Å². The summed E-state index contributed by atoms with van der Waals surface area (Å²) in [6, 6.07) is 11.0. The largest absolute Gasteiger partial charge is 0.507 e. The maximum atomic E-state index is 13.1. The molecule has 1 atom stereocenters. The third kappa shape index (κ3) is 4.85. The van der Waals surface area contributed by atoms with Crippen LogP contribution in [-0.4, -0.2) is 62.8 Å². The van der Waals surface area contributed by atoms with E-state index in [1.165, 1.54) is 26.2 Å². The molecule has 1 fully saturated rings. The third-order valence-corrected chi connectivity index (χ3v) is 5.28. The van der Waals surface area contributed by atoms with E-state index in [0.29, 0.717) is 29.4 Å². The lowest BCUT2D eigenvalue weighted by Crippen LogP contribution is -2.32. The van der Waals surface area contributed by atoms with Crippen LogP contribution in [0.2, 0.25) is 0 Å². The number of aliphatic hydroxyl groups is 1. The summed E-state index contributed by atoms with van der Waals surface area (Å²) in [6.07, 6.45) is 1.62. The van der Waals surface area contributed by atoms with Gasteiger partial charge in [-0.2, -0.15) is 0 Å². The van der Waals surface area contributed by atoms with Crippen molar-refractivity contribution in [1.82, 2.24) is 4.90 Å². The number of likely N-dealkylation sites (tertiary alicyclic amines) is 1. The number of ether oxygens (including phenoxy) is 4. The lowest BCUT2D eigenvalue weighted by Gasteiger charge is -2.25. The van der Waals surface area contributed by atoms with Crippen molar-refractivity contribution < 1.29 is 33.6 Å². The molecule has 2 aromatic rings. The lowest BCUT2D eigenvalue weighted by molar-refractivity contribution is -0.140. The molecule has 1 aliphatic heterocycles. The molecule has 33 heavy (non-hydrogen) atoms. The Morgan fingerprint density at radius 2 is 1.88 bits per heavy atom. The van der Waals surface area contributed by atoms with Crippen molar-refractivity contribution in [3.8, 4) is 17.2 Å². The molecular formula is C25H27NO7. The van der Waals surface area contributed by atoms with Crippen molar-refractivity contribution in [3.63, 3.8) is 0 Å². The topological polar surface area (TPSA) is 94.5 Å². The second kappa shape index (κ2) is 10.7. The molecule has 1 N–H and O–H groups in total. The minimum absolute atomic E-state index is 0.0413. The predicted molar refractivity (Wildman–Crippen MR) is 123 cm³/mol. The molecule has 1 heterocycles. The van der Waals surface area contributed by atoms with Gasteiger partial charge in [-0.15, -0.1) is 0 Å². The number of carbonyl (C=O) groups excluding carboxylic acids is 2. The summed E-state index contributed by atoms with van der Waals surface area (Å²) in [5.74, 6) is -0.473.